The smallest absolute Gasteiger partial charge is 0.0948 e. The zero-order valence-corrected chi connectivity index (χ0v) is 73.0. The predicted molar refractivity (Wildman–Crippen MR) is 496 cm³/mol. The number of fused-ring (bicyclic) bond motifs is 6. The maximum absolute atomic E-state index is 2.75. The number of rotatable bonds is 9. The molecule has 13 aromatic carbocycles. The van der Waals surface area contributed by atoms with Crippen LogP contribution < -0.4 is 14.7 Å². The van der Waals surface area contributed by atoms with Crippen LogP contribution in [0.3, 0.4) is 0 Å². The normalized spacial score (nSPS) is 14.0. The third-order valence-corrected chi connectivity index (χ3v) is 24.9. The van der Waals surface area contributed by atoms with Crippen molar-refractivity contribution < 1.29 is 0 Å². The minimum atomic E-state index is -0.151. The summed E-state index contributed by atoms with van der Waals surface area (Å²) in [6.45, 7) is 56.3. The molecule has 0 saturated heterocycles. The molecule has 0 spiro atoms. The van der Waals surface area contributed by atoms with Crippen LogP contribution in [0, 0.1) is 0 Å². The summed E-state index contributed by atoms with van der Waals surface area (Å²) in [5.41, 5.74) is 40.2. The first-order valence-corrected chi connectivity index (χ1v) is 42.1. The van der Waals surface area contributed by atoms with Crippen molar-refractivity contribution in [3.05, 3.63) is 339 Å². The highest BCUT2D eigenvalue weighted by Gasteiger charge is 2.44. The molecule has 0 bridgehead atoms. The van der Waals surface area contributed by atoms with Gasteiger partial charge in [0.25, 0.3) is 0 Å². The van der Waals surface area contributed by atoms with E-state index in [2.05, 4.69) is 448 Å². The lowest BCUT2D eigenvalue weighted by Crippen LogP contribution is -2.31. The Balaban J connectivity index is 1.12. The van der Waals surface area contributed by atoms with E-state index in [-0.39, 0.29) is 49.2 Å². The second-order valence-electron chi connectivity index (χ2n) is 41.6. The Morgan fingerprint density at radius 3 is 0.739 bits per heavy atom. The molecule has 0 radical (unpaired) electrons. The van der Waals surface area contributed by atoms with Gasteiger partial charge in [-0.3, -0.25) is 0 Å². The quantitative estimate of drug-likeness (QED) is 0.143. The van der Waals surface area contributed by atoms with E-state index in [1.807, 2.05) is 0 Å². The molecule has 0 amide bonds. The fourth-order valence-corrected chi connectivity index (χ4v) is 17.7. The van der Waals surface area contributed by atoms with Gasteiger partial charge >= 0.3 is 0 Å². The van der Waals surface area contributed by atoms with Crippen LogP contribution in [0.25, 0.3) is 66.8 Å². The maximum Gasteiger partial charge on any atom is 0.0948 e. The second kappa shape index (κ2) is 28.0. The van der Waals surface area contributed by atoms with Crippen molar-refractivity contribution in [1.82, 2.24) is 0 Å². The molecule has 115 heavy (non-hydrogen) atoms. The summed E-state index contributed by atoms with van der Waals surface area (Å²) in [4.78, 5) is 8.20. The fourth-order valence-electron chi connectivity index (χ4n) is 17.7. The lowest BCUT2D eigenvalue weighted by Gasteiger charge is -2.49. The van der Waals surface area contributed by atoms with Gasteiger partial charge in [-0.05, 0) is 203 Å². The monoisotopic (exact) mass is 1510 g/mol. The van der Waals surface area contributed by atoms with Gasteiger partial charge in [0.1, 0.15) is 0 Å². The Morgan fingerprint density at radius 2 is 0.461 bits per heavy atom. The molecule has 2 aliphatic heterocycles. The van der Waals surface area contributed by atoms with Crippen molar-refractivity contribution >= 4 is 51.2 Å². The summed E-state index contributed by atoms with van der Waals surface area (Å²) >= 11 is 0. The maximum atomic E-state index is 2.75. The molecule has 3 aliphatic rings. The molecule has 3 nitrogen and oxygen atoms in total. The zero-order valence-electron chi connectivity index (χ0n) is 73.0. The molecule has 0 N–H and O–H groups in total. The molecular weight excluding hydrogens is 1390 g/mol. The van der Waals surface area contributed by atoms with Gasteiger partial charge in [0.2, 0.25) is 0 Å². The van der Waals surface area contributed by atoms with Crippen molar-refractivity contribution in [1.29, 1.82) is 0 Å². The number of hydrogen-bond donors (Lipinski definition) is 0. The van der Waals surface area contributed by atoms with Crippen molar-refractivity contribution in [3.63, 3.8) is 0 Å². The summed E-state index contributed by atoms with van der Waals surface area (Å²) in [7, 11) is 0. The highest BCUT2D eigenvalue weighted by atomic mass is 15.3. The summed E-state index contributed by atoms with van der Waals surface area (Å²) < 4.78 is 0. The summed E-state index contributed by atoms with van der Waals surface area (Å²) in [6.07, 6.45) is 0.858. The highest BCUT2D eigenvalue weighted by Crippen LogP contribution is 2.68. The van der Waals surface area contributed by atoms with E-state index < -0.39 is 0 Å². The average Bonchev–Trinajstić information content (AvgIpc) is 0.683. The van der Waals surface area contributed by atoms with Gasteiger partial charge in [-0.25, -0.2) is 0 Å². The largest absolute Gasteiger partial charge is 0.305 e. The molecular formula is C112H119N3. The van der Waals surface area contributed by atoms with Crippen LogP contribution in [0.1, 0.15) is 244 Å². The van der Waals surface area contributed by atoms with E-state index in [9.17, 15) is 0 Å². The number of hydrogen-bond acceptors (Lipinski definition) is 3. The summed E-state index contributed by atoms with van der Waals surface area (Å²) in [5, 5.41) is 0. The zero-order chi connectivity index (χ0) is 81.8. The first kappa shape index (κ1) is 78.2. The van der Waals surface area contributed by atoms with Gasteiger partial charge in [0, 0.05) is 28.2 Å². The highest BCUT2D eigenvalue weighted by molar-refractivity contribution is 6.17. The molecule has 13 aromatic rings. The van der Waals surface area contributed by atoms with Crippen molar-refractivity contribution in [3.8, 4) is 66.8 Å². The predicted octanol–water partition coefficient (Wildman–Crippen LogP) is 32.2. The first-order valence-electron chi connectivity index (χ1n) is 42.1. The third-order valence-electron chi connectivity index (χ3n) is 24.9. The molecule has 0 atom stereocenters. The molecule has 0 fully saturated rings. The van der Waals surface area contributed by atoms with Crippen molar-refractivity contribution in [2.24, 2.45) is 0 Å². The van der Waals surface area contributed by atoms with Crippen LogP contribution in [0.15, 0.2) is 267 Å². The lowest BCUT2D eigenvalue weighted by molar-refractivity contribution is 0.568. The summed E-state index contributed by atoms with van der Waals surface area (Å²) in [6, 6.07) is 106. The van der Waals surface area contributed by atoms with Gasteiger partial charge in [-0.2, -0.15) is 0 Å². The Morgan fingerprint density at radius 1 is 0.200 bits per heavy atom. The van der Waals surface area contributed by atoms with E-state index in [0.29, 0.717) is 0 Å². The Labute approximate surface area is 689 Å². The first-order chi connectivity index (χ1) is 54.1. The van der Waals surface area contributed by atoms with Crippen molar-refractivity contribution in [2.45, 2.75) is 222 Å². The van der Waals surface area contributed by atoms with Crippen LogP contribution in [0.2, 0.25) is 0 Å². The van der Waals surface area contributed by atoms with E-state index in [0.717, 1.165) is 113 Å². The molecule has 3 heteroatoms. The van der Waals surface area contributed by atoms with Crippen LogP contribution in [0.4, 0.5) is 51.2 Å². The van der Waals surface area contributed by atoms with Crippen LogP contribution in [0.5, 0.6) is 0 Å². The molecule has 0 saturated carbocycles. The third kappa shape index (κ3) is 14.6. The molecule has 0 aromatic heterocycles. The SMILES string of the molecule is CC(C)(C)c1ccc(-c2cccc(-c3ccc(C(C)(C)C)cc3)c2N2c3cc(-c4cc(C(C)(C)C)cc(C(C)(C)C)c4)ccc3N3c4ccc(-c5cc(C(C)(C)C)cc(C(C)(C)C)c5)cc4N(c4c(-c5ccc(C(C)(C)C)cc5)cccc4-c4ccc(C(C)(C)C)cc4)c4cc(C5c6ccccc6Cc6ccccc65)cc2c43)cc1. The average molecular weight is 1510 g/mol. The van der Waals surface area contributed by atoms with E-state index in [4.69, 9.17) is 0 Å². The van der Waals surface area contributed by atoms with E-state index in [1.165, 1.54) is 83.5 Å². The van der Waals surface area contributed by atoms with Gasteiger partial charge in [-0.1, -0.05) is 397 Å². The van der Waals surface area contributed by atoms with E-state index in [1.54, 1.807) is 0 Å². The molecule has 2 heterocycles. The van der Waals surface area contributed by atoms with Gasteiger partial charge in [0.05, 0.1) is 51.2 Å². The van der Waals surface area contributed by atoms with Crippen LogP contribution in [-0.2, 0) is 49.7 Å². The molecule has 16 rings (SSSR count). The number of anilines is 9. The fraction of sp³-hybridized carbons (Fsp3) is 0.304. The minimum absolute atomic E-state index is 0.0598. The standard InChI is InChI=1S/C112H119N3/c1-105(2,3)81-49-39-70(40-50-81)91-35-29-36-92(71-41-51-82(52-42-71)106(4,5)6)102(91)114-97-64-74(78-60-85(109(13,14)15)68-86(61-78)110(16,17)18)47-57-95(97)113-96-58-48-75(79-62-87(111(19,20)21)69-88(63-79)112(22,23)24)65-98(96)115(100-67-80(66-99(114)104(100)113)101-89-33-27-25-31-76(89)59-77-32-26-28-34-90(77)101)103-93(72-43-53-83(54-44-72)107(7,8)9)37-30-38-94(103)73-45-55-84(56-46-73)108(10,11)12/h25-58,60-69,101H,59H2,1-24H3. The second-order valence-corrected chi connectivity index (χ2v) is 41.6. The van der Waals surface area contributed by atoms with Crippen LogP contribution >= 0.6 is 0 Å². The Hall–Kier alpha value is -10.7. The number of nitrogens with zero attached hydrogens (tertiary/aromatic N) is 3. The topological polar surface area (TPSA) is 9.72 Å². The molecule has 1 aliphatic carbocycles. The number of benzene rings is 13. The summed E-state index contributed by atoms with van der Waals surface area (Å²) in [5.74, 6) is -0.151. The molecule has 582 valence electrons. The lowest BCUT2D eigenvalue weighted by atomic mass is 9.74. The van der Waals surface area contributed by atoms with Crippen LogP contribution in [-0.4, -0.2) is 0 Å². The van der Waals surface area contributed by atoms with Gasteiger partial charge < -0.3 is 14.7 Å². The number of para-hydroxylation sites is 2. The minimum Gasteiger partial charge on any atom is -0.305 e. The van der Waals surface area contributed by atoms with Crippen molar-refractivity contribution in [2.75, 3.05) is 14.7 Å². The Bertz CT molecular complexity index is 5340. The van der Waals surface area contributed by atoms with Gasteiger partial charge in [-0.15, -0.1) is 0 Å². The van der Waals surface area contributed by atoms with E-state index >= 15 is 0 Å². The van der Waals surface area contributed by atoms with Gasteiger partial charge in [0.15, 0.2) is 0 Å². The molecule has 0 unspecified atom stereocenters. The Kier molecular flexibility index (Phi) is 19.1.